The van der Waals surface area contributed by atoms with Gasteiger partial charge in [-0.2, -0.15) is 4.37 Å². The lowest BCUT2D eigenvalue weighted by Gasteiger charge is -2.00. The first-order valence-electron chi connectivity index (χ1n) is 4.90. The summed E-state index contributed by atoms with van der Waals surface area (Å²) in [6, 6.07) is 7.96. The predicted octanol–water partition coefficient (Wildman–Crippen LogP) is 2.63. The smallest absolute Gasteiger partial charge is 0.170 e. The number of thioether (sulfide) groups is 1. The fraction of sp³-hybridized carbons (Fsp3) is 0.273. The fourth-order valence-electron chi connectivity index (χ4n) is 1.22. The van der Waals surface area contributed by atoms with Crippen LogP contribution in [0.5, 0.6) is 0 Å². The minimum absolute atomic E-state index is 0.100. The van der Waals surface area contributed by atoms with E-state index >= 15 is 0 Å². The number of aryl methyl sites for hydroxylation is 1. The van der Waals surface area contributed by atoms with Crippen LogP contribution in [0.4, 0.5) is 0 Å². The topological polar surface area (TPSA) is 46.0 Å². The molecule has 1 N–H and O–H groups in total. The van der Waals surface area contributed by atoms with E-state index < -0.39 is 0 Å². The van der Waals surface area contributed by atoms with E-state index in [-0.39, 0.29) is 6.61 Å². The summed E-state index contributed by atoms with van der Waals surface area (Å²) < 4.78 is 5.14. The van der Waals surface area contributed by atoms with Gasteiger partial charge in [-0.05, 0) is 29.6 Å². The van der Waals surface area contributed by atoms with Crippen molar-refractivity contribution in [2.24, 2.45) is 0 Å². The Balaban J connectivity index is 1.94. The number of aliphatic hydroxyl groups excluding tert-OH is 1. The van der Waals surface area contributed by atoms with E-state index in [1.54, 1.807) is 11.8 Å². The molecule has 1 aromatic carbocycles. The van der Waals surface area contributed by atoms with Gasteiger partial charge < -0.3 is 5.11 Å². The molecule has 2 aromatic rings. The van der Waals surface area contributed by atoms with E-state index in [0.29, 0.717) is 0 Å². The number of aliphatic hydroxyl groups is 1. The molecule has 16 heavy (non-hydrogen) atoms. The van der Waals surface area contributed by atoms with Crippen LogP contribution in [-0.4, -0.2) is 14.5 Å². The molecule has 0 saturated carbocycles. The Morgan fingerprint density at radius 2 is 1.94 bits per heavy atom. The van der Waals surface area contributed by atoms with Gasteiger partial charge in [0.05, 0.1) is 6.61 Å². The average Bonchev–Trinajstić information content (AvgIpc) is 2.73. The number of hydrogen-bond donors (Lipinski definition) is 1. The standard InChI is InChI=1S/C11H12N2OS2/c1-8-12-11(16-13-8)15-7-10-4-2-9(6-14)3-5-10/h2-5,14H,6-7H2,1H3. The Kier molecular flexibility index (Phi) is 3.93. The highest BCUT2D eigenvalue weighted by Gasteiger charge is 2.01. The molecule has 3 nitrogen and oxygen atoms in total. The second kappa shape index (κ2) is 5.43. The van der Waals surface area contributed by atoms with Gasteiger partial charge >= 0.3 is 0 Å². The van der Waals surface area contributed by atoms with Crippen LogP contribution in [0, 0.1) is 6.92 Å². The summed E-state index contributed by atoms with van der Waals surface area (Å²) in [5, 5.41) is 8.92. The second-order valence-corrected chi connectivity index (χ2v) is 5.35. The Labute approximate surface area is 103 Å². The van der Waals surface area contributed by atoms with E-state index in [0.717, 1.165) is 21.5 Å². The van der Waals surface area contributed by atoms with Gasteiger partial charge in [0.1, 0.15) is 5.82 Å². The highest BCUT2D eigenvalue weighted by Crippen LogP contribution is 2.24. The van der Waals surface area contributed by atoms with Crippen LogP contribution in [-0.2, 0) is 12.4 Å². The van der Waals surface area contributed by atoms with Crippen molar-refractivity contribution in [3.05, 3.63) is 41.2 Å². The van der Waals surface area contributed by atoms with Gasteiger partial charge in [-0.3, -0.25) is 0 Å². The van der Waals surface area contributed by atoms with Crippen molar-refractivity contribution in [1.29, 1.82) is 0 Å². The third-order valence-corrected chi connectivity index (χ3v) is 4.07. The van der Waals surface area contributed by atoms with Gasteiger partial charge in [0.2, 0.25) is 0 Å². The Morgan fingerprint density at radius 3 is 2.50 bits per heavy atom. The lowest BCUT2D eigenvalue weighted by Crippen LogP contribution is -1.85. The molecule has 0 radical (unpaired) electrons. The summed E-state index contributed by atoms with van der Waals surface area (Å²) in [5.74, 6) is 1.73. The number of benzene rings is 1. The van der Waals surface area contributed by atoms with Crippen LogP contribution in [0.15, 0.2) is 28.6 Å². The summed E-state index contributed by atoms with van der Waals surface area (Å²) >= 11 is 3.13. The SMILES string of the molecule is Cc1nsc(SCc2ccc(CO)cc2)n1. The zero-order chi connectivity index (χ0) is 11.4. The highest BCUT2D eigenvalue weighted by atomic mass is 32.2. The number of hydrogen-bond acceptors (Lipinski definition) is 5. The van der Waals surface area contributed by atoms with Crippen molar-refractivity contribution >= 4 is 23.3 Å². The summed E-state index contributed by atoms with van der Waals surface area (Å²) in [6.07, 6.45) is 0. The molecular formula is C11H12N2OS2. The molecule has 0 atom stereocenters. The molecule has 0 spiro atoms. The zero-order valence-corrected chi connectivity index (χ0v) is 10.5. The number of nitrogens with zero attached hydrogens (tertiary/aromatic N) is 2. The fourth-order valence-corrected chi connectivity index (χ4v) is 2.83. The molecule has 1 heterocycles. The maximum atomic E-state index is 8.92. The minimum atomic E-state index is 0.100. The molecule has 0 aliphatic heterocycles. The number of rotatable bonds is 4. The van der Waals surface area contributed by atoms with E-state index in [4.69, 9.17) is 5.11 Å². The summed E-state index contributed by atoms with van der Waals surface area (Å²) in [7, 11) is 0. The number of aromatic nitrogens is 2. The molecule has 0 bridgehead atoms. The van der Waals surface area contributed by atoms with Gasteiger partial charge in [0, 0.05) is 5.75 Å². The van der Waals surface area contributed by atoms with Crippen molar-refractivity contribution in [1.82, 2.24) is 9.36 Å². The molecule has 84 valence electrons. The van der Waals surface area contributed by atoms with Crippen LogP contribution in [0.25, 0.3) is 0 Å². The minimum Gasteiger partial charge on any atom is -0.392 e. The van der Waals surface area contributed by atoms with Crippen LogP contribution < -0.4 is 0 Å². The van der Waals surface area contributed by atoms with Crippen molar-refractivity contribution in [2.45, 2.75) is 23.6 Å². The molecule has 0 aliphatic rings. The molecule has 0 aliphatic carbocycles. The van der Waals surface area contributed by atoms with Gasteiger partial charge in [-0.15, -0.1) is 0 Å². The Morgan fingerprint density at radius 1 is 1.25 bits per heavy atom. The second-order valence-electron chi connectivity index (χ2n) is 3.37. The Hall–Kier alpha value is -0.910. The van der Waals surface area contributed by atoms with Crippen LogP contribution in [0.1, 0.15) is 17.0 Å². The first kappa shape index (κ1) is 11.6. The maximum absolute atomic E-state index is 8.92. The molecule has 2 rings (SSSR count). The molecule has 1 aromatic heterocycles. The summed E-state index contributed by atoms with van der Waals surface area (Å²) in [5.41, 5.74) is 2.18. The van der Waals surface area contributed by atoms with Crippen molar-refractivity contribution in [3.63, 3.8) is 0 Å². The van der Waals surface area contributed by atoms with Crippen LogP contribution >= 0.6 is 23.3 Å². The van der Waals surface area contributed by atoms with Gasteiger partial charge in [-0.25, -0.2) is 4.98 Å². The summed E-state index contributed by atoms with van der Waals surface area (Å²) in [6.45, 7) is 2.00. The van der Waals surface area contributed by atoms with Crippen molar-refractivity contribution in [3.8, 4) is 0 Å². The first-order chi connectivity index (χ1) is 7.78. The van der Waals surface area contributed by atoms with Crippen LogP contribution in [0.3, 0.4) is 0 Å². The first-order valence-corrected chi connectivity index (χ1v) is 6.65. The zero-order valence-electron chi connectivity index (χ0n) is 8.88. The predicted molar refractivity (Wildman–Crippen MR) is 66.6 cm³/mol. The van der Waals surface area contributed by atoms with E-state index in [1.165, 1.54) is 17.1 Å². The quantitative estimate of drug-likeness (QED) is 0.850. The monoisotopic (exact) mass is 252 g/mol. The highest BCUT2D eigenvalue weighted by molar-refractivity contribution is 8.00. The molecule has 0 saturated heterocycles. The molecule has 5 heteroatoms. The van der Waals surface area contributed by atoms with Gasteiger partial charge in [0.15, 0.2) is 4.34 Å². The largest absolute Gasteiger partial charge is 0.392 e. The third kappa shape index (κ3) is 3.04. The third-order valence-electron chi connectivity index (χ3n) is 2.08. The normalized spacial score (nSPS) is 10.6. The molecule has 0 amide bonds. The Bertz CT molecular complexity index is 453. The molecule has 0 unspecified atom stereocenters. The van der Waals surface area contributed by atoms with E-state index in [1.807, 2.05) is 31.2 Å². The summed E-state index contributed by atoms with van der Waals surface area (Å²) in [4.78, 5) is 4.29. The van der Waals surface area contributed by atoms with Crippen molar-refractivity contribution < 1.29 is 5.11 Å². The average molecular weight is 252 g/mol. The van der Waals surface area contributed by atoms with E-state index in [9.17, 15) is 0 Å². The van der Waals surface area contributed by atoms with Crippen molar-refractivity contribution in [2.75, 3.05) is 0 Å². The molecule has 0 fully saturated rings. The maximum Gasteiger partial charge on any atom is 0.170 e. The van der Waals surface area contributed by atoms with Gasteiger partial charge in [0.25, 0.3) is 0 Å². The lowest BCUT2D eigenvalue weighted by atomic mass is 10.2. The molecular weight excluding hydrogens is 240 g/mol. The van der Waals surface area contributed by atoms with Crippen LogP contribution in [0.2, 0.25) is 0 Å². The van der Waals surface area contributed by atoms with E-state index in [2.05, 4.69) is 9.36 Å². The van der Waals surface area contributed by atoms with Gasteiger partial charge in [-0.1, -0.05) is 36.0 Å². The lowest BCUT2D eigenvalue weighted by molar-refractivity contribution is 0.282.